The van der Waals surface area contributed by atoms with E-state index >= 15 is 0 Å². The molecule has 3 heterocycles. The number of aromatic nitrogens is 4. The Bertz CT molecular complexity index is 1580. The number of nitrogens with zero attached hydrogens (tertiary/aromatic N) is 3. The molecule has 2 N–H and O–H groups in total. The zero-order valence-corrected chi connectivity index (χ0v) is 20.0. The third-order valence-corrected chi connectivity index (χ3v) is 7.11. The molecule has 0 aliphatic heterocycles. The number of benzene rings is 2. The number of aryl methyl sites for hydroxylation is 1. The van der Waals surface area contributed by atoms with Crippen LogP contribution >= 0.6 is 0 Å². The number of aromatic amines is 1. The SMILES string of the molecule is CCc1ccc(-c2n[nH]c3cc(-c4ccc(S(=O)(=O)Nc5cccnc5)cc4)nc(OC)c23)cc1. The molecule has 0 unspecified atom stereocenters. The van der Waals surface area contributed by atoms with E-state index in [0.717, 1.165) is 34.1 Å². The highest BCUT2D eigenvalue weighted by Crippen LogP contribution is 2.35. The van der Waals surface area contributed by atoms with E-state index in [1.54, 1.807) is 49.7 Å². The van der Waals surface area contributed by atoms with Gasteiger partial charge in [0.25, 0.3) is 10.0 Å². The second-order valence-electron chi connectivity index (χ2n) is 7.93. The van der Waals surface area contributed by atoms with Crippen molar-refractivity contribution in [2.45, 2.75) is 18.2 Å². The van der Waals surface area contributed by atoms with E-state index in [4.69, 9.17) is 4.74 Å². The monoisotopic (exact) mass is 485 g/mol. The summed E-state index contributed by atoms with van der Waals surface area (Å²) in [5.74, 6) is 0.441. The van der Waals surface area contributed by atoms with Crippen LogP contribution in [0.15, 0.2) is 84.0 Å². The number of anilines is 1. The Morgan fingerprint density at radius 2 is 1.74 bits per heavy atom. The highest BCUT2D eigenvalue weighted by molar-refractivity contribution is 7.92. The van der Waals surface area contributed by atoms with E-state index in [-0.39, 0.29) is 4.90 Å². The molecule has 0 aliphatic rings. The van der Waals surface area contributed by atoms with Gasteiger partial charge in [0, 0.05) is 17.3 Å². The lowest BCUT2D eigenvalue weighted by Gasteiger charge is -2.10. The molecule has 0 spiro atoms. The van der Waals surface area contributed by atoms with Crippen LogP contribution in [0, 0.1) is 0 Å². The molecule has 35 heavy (non-hydrogen) atoms. The summed E-state index contributed by atoms with van der Waals surface area (Å²) < 4.78 is 33.6. The van der Waals surface area contributed by atoms with Crippen LogP contribution in [0.25, 0.3) is 33.4 Å². The van der Waals surface area contributed by atoms with E-state index in [0.29, 0.717) is 17.3 Å². The Kier molecular flexibility index (Phi) is 5.92. The van der Waals surface area contributed by atoms with Crippen molar-refractivity contribution in [1.29, 1.82) is 0 Å². The van der Waals surface area contributed by atoms with Crippen molar-refractivity contribution in [3.8, 4) is 28.4 Å². The largest absolute Gasteiger partial charge is 0.480 e. The summed E-state index contributed by atoms with van der Waals surface area (Å²) in [5, 5.41) is 8.39. The first-order valence-corrected chi connectivity index (χ1v) is 12.5. The Labute approximate surface area is 203 Å². The zero-order chi connectivity index (χ0) is 24.4. The number of pyridine rings is 2. The number of fused-ring (bicyclic) bond motifs is 1. The van der Waals surface area contributed by atoms with Gasteiger partial charge in [0.2, 0.25) is 5.88 Å². The van der Waals surface area contributed by atoms with Crippen molar-refractivity contribution >= 4 is 26.6 Å². The lowest BCUT2D eigenvalue weighted by molar-refractivity contribution is 0.404. The minimum atomic E-state index is -3.74. The van der Waals surface area contributed by atoms with Gasteiger partial charge in [0.15, 0.2) is 0 Å². The van der Waals surface area contributed by atoms with E-state index in [2.05, 4.69) is 43.9 Å². The number of methoxy groups -OCH3 is 1. The fraction of sp³-hybridized carbons (Fsp3) is 0.115. The maximum atomic E-state index is 12.7. The predicted octanol–water partition coefficient (Wildman–Crippen LogP) is 5.06. The van der Waals surface area contributed by atoms with Gasteiger partial charge in [-0.1, -0.05) is 43.3 Å². The Hall–Kier alpha value is -4.24. The van der Waals surface area contributed by atoms with Crippen molar-refractivity contribution < 1.29 is 13.2 Å². The van der Waals surface area contributed by atoms with Gasteiger partial charge in [-0.25, -0.2) is 13.4 Å². The number of hydrogen-bond donors (Lipinski definition) is 2. The molecule has 0 bridgehead atoms. The Balaban J connectivity index is 1.48. The summed E-state index contributed by atoms with van der Waals surface area (Å²) in [6, 6.07) is 20.0. The molecule has 9 heteroatoms. The number of rotatable bonds is 7. The molecule has 0 radical (unpaired) electrons. The molecule has 3 aromatic heterocycles. The third kappa shape index (κ3) is 4.45. The van der Waals surface area contributed by atoms with Crippen LogP contribution in [0.1, 0.15) is 12.5 Å². The number of sulfonamides is 1. The summed E-state index contributed by atoms with van der Waals surface area (Å²) in [7, 11) is -2.17. The molecule has 0 amide bonds. The number of hydrogen-bond acceptors (Lipinski definition) is 6. The van der Waals surface area contributed by atoms with Crippen molar-refractivity contribution in [3.63, 3.8) is 0 Å². The molecule has 0 saturated carbocycles. The maximum absolute atomic E-state index is 12.7. The molecule has 8 nitrogen and oxygen atoms in total. The first-order chi connectivity index (χ1) is 17.0. The van der Waals surface area contributed by atoms with Crippen molar-refractivity contribution in [2.75, 3.05) is 11.8 Å². The molecule has 176 valence electrons. The molecule has 5 aromatic rings. The molecule has 0 saturated heterocycles. The van der Waals surface area contributed by atoms with Crippen molar-refractivity contribution in [2.24, 2.45) is 0 Å². The smallest absolute Gasteiger partial charge is 0.261 e. The Morgan fingerprint density at radius 1 is 1.00 bits per heavy atom. The summed E-state index contributed by atoms with van der Waals surface area (Å²) in [5.41, 5.74) is 5.54. The topological polar surface area (TPSA) is 110 Å². The minimum Gasteiger partial charge on any atom is -0.480 e. The fourth-order valence-electron chi connectivity index (χ4n) is 3.86. The minimum absolute atomic E-state index is 0.137. The van der Waals surface area contributed by atoms with Crippen LogP contribution in [0.3, 0.4) is 0 Å². The summed E-state index contributed by atoms with van der Waals surface area (Å²) in [6.45, 7) is 2.12. The summed E-state index contributed by atoms with van der Waals surface area (Å²) >= 11 is 0. The average molecular weight is 486 g/mol. The number of H-pyrrole nitrogens is 1. The maximum Gasteiger partial charge on any atom is 0.261 e. The zero-order valence-electron chi connectivity index (χ0n) is 19.2. The quantitative estimate of drug-likeness (QED) is 0.333. The summed E-state index contributed by atoms with van der Waals surface area (Å²) in [4.78, 5) is 8.75. The van der Waals surface area contributed by atoms with Gasteiger partial charge in [-0.3, -0.25) is 14.8 Å². The highest BCUT2D eigenvalue weighted by atomic mass is 32.2. The highest BCUT2D eigenvalue weighted by Gasteiger charge is 2.18. The average Bonchev–Trinajstić information content (AvgIpc) is 3.33. The normalized spacial score (nSPS) is 11.5. The lowest BCUT2D eigenvalue weighted by atomic mass is 10.0. The second-order valence-corrected chi connectivity index (χ2v) is 9.62. The van der Waals surface area contributed by atoms with Crippen LogP contribution in [-0.2, 0) is 16.4 Å². The van der Waals surface area contributed by atoms with Gasteiger partial charge >= 0.3 is 0 Å². The van der Waals surface area contributed by atoms with Crippen molar-refractivity contribution in [1.82, 2.24) is 20.2 Å². The molecule has 0 atom stereocenters. The third-order valence-electron chi connectivity index (χ3n) is 5.71. The summed E-state index contributed by atoms with van der Waals surface area (Å²) in [6.07, 6.45) is 4.00. The lowest BCUT2D eigenvalue weighted by Crippen LogP contribution is -2.12. The molecule has 5 rings (SSSR count). The first kappa shape index (κ1) is 22.5. The van der Waals surface area contributed by atoms with Crippen LogP contribution in [0.4, 0.5) is 5.69 Å². The van der Waals surface area contributed by atoms with Gasteiger partial charge in [0.05, 0.1) is 40.5 Å². The van der Waals surface area contributed by atoms with Crippen LogP contribution < -0.4 is 9.46 Å². The van der Waals surface area contributed by atoms with E-state index in [1.165, 1.54) is 11.8 Å². The van der Waals surface area contributed by atoms with Gasteiger partial charge in [-0.2, -0.15) is 5.10 Å². The van der Waals surface area contributed by atoms with Crippen LogP contribution in [0.2, 0.25) is 0 Å². The predicted molar refractivity (Wildman–Crippen MR) is 136 cm³/mol. The van der Waals surface area contributed by atoms with E-state index < -0.39 is 10.0 Å². The van der Waals surface area contributed by atoms with Crippen molar-refractivity contribution in [3.05, 3.63) is 84.7 Å². The Morgan fingerprint density at radius 3 is 2.40 bits per heavy atom. The van der Waals surface area contributed by atoms with Crippen LogP contribution in [0.5, 0.6) is 5.88 Å². The molecular formula is C26H23N5O3S. The molecule has 0 fully saturated rings. The standard InChI is InChI=1S/C26H23N5O3S/c1-3-17-6-8-19(9-7-17)25-24-23(29-30-25)15-22(28-26(24)34-2)18-10-12-21(13-11-18)35(32,33)31-20-5-4-14-27-16-20/h4-16,31H,3H2,1-2H3,(H,29,30). The molecular weight excluding hydrogens is 462 g/mol. The molecule has 2 aromatic carbocycles. The number of nitrogens with one attached hydrogen (secondary N) is 2. The number of ether oxygens (including phenoxy) is 1. The van der Waals surface area contributed by atoms with Gasteiger partial charge in [-0.15, -0.1) is 0 Å². The van der Waals surface area contributed by atoms with Gasteiger partial charge in [-0.05, 0) is 42.3 Å². The first-order valence-electron chi connectivity index (χ1n) is 11.0. The van der Waals surface area contributed by atoms with Crippen LogP contribution in [-0.4, -0.2) is 35.7 Å². The van der Waals surface area contributed by atoms with Gasteiger partial charge < -0.3 is 4.74 Å². The van der Waals surface area contributed by atoms with E-state index in [9.17, 15) is 8.42 Å². The van der Waals surface area contributed by atoms with E-state index in [1.807, 2.05) is 18.2 Å². The molecule has 0 aliphatic carbocycles. The van der Waals surface area contributed by atoms with Gasteiger partial charge in [0.1, 0.15) is 5.69 Å². The fourth-order valence-corrected chi connectivity index (χ4v) is 4.90. The second kappa shape index (κ2) is 9.19.